The normalized spacial score (nSPS) is 18.9. The van der Waals surface area contributed by atoms with Gasteiger partial charge in [-0.15, -0.1) is 0 Å². The minimum atomic E-state index is -0.400. The summed E-state index contributed by atoms with van der Waals surface area (Å²) in [6, 6.07) is 36.0. The van der Waals surface area contributed by atoms with Crippen molar-refractivity contribution in [2.24, 2.45) is 10.9 Å². The Labute approximate surface area is 244 Å². The zero-order chi connectivity index (χ0) is 28.5. The van der Waals surface area contributed by atoms with Gasteiger partial charge in [0.2, 0.25) is 0 Å². The van der Waals surface area contributed by atoms with Gasteiger partial charge in [0.15, 0.2) is 0 Å². The minimum absolute atomic E-state index is 0.0621. The Balaban J connectivity index is 1.13. The van der Waals surface area contributed by atoms with Gasteiger partial charge < -0.3 is 10.1 Å². The summed E-state index contributed by atoms with van der Waals surface area (Å²) in [5, 5.41) is 16.9. The first kappa shape index (κ1) is 25.7. The van der Waals surface area contributed by atoms with Crippen molar-refractivity contribution in [3.05, 3.63) is 154 Å². The maximum absolute atomic E-state index is 11.0. The summed E-state index contributed by atoms with van der Waals surface area (Å²) in [5.41, 5.74) is 6.54. The molecule has 0 bridgehead atoms. The molecule has 7 rings (SSSR count). The second-order valence-corrected chi connectivity index (χ2v) is 10.8. The smallest absolute Gasteiger partial charge is 0.269 e. The van der Waals surface area contributed by atoms with Gasteiger partial charge in [0, 0.05) is 35.5 Å². The van der Waals surface area contributed by atoms with E-state index in [9.17, 15) is 10.1 Å². The zero-order valence-corrected chi connectivity index (χ0v) is 22.9. The number of allylic oxidation sites excluding steroid dienone is 2. The number of benzene rings is 5. The van der Waals surface area contributed by atoms with Crippen LogP contribution in [0.2, 0.25) is 0 Å². The van der Waals surface area contributed by atoms with Crippen LogP contribution in [0.4, 0.5) is 17.1 Å². The molecule has 1 aliphatic heterocycles. The van der Waals surface area contributed by atoms with Crippen LogP contribution in [0.5, 0.6) is 5.75 Å². The summed E-state index contributed by atoms with van der Waals surface area (Å²) >= 11 is 0. The molecule has 0 saturated carbocycles. The van der Waals surface area contributed by atoms with E-state index in [1.54, 1.807) is 12.1 Å². The Morgan fingerprint density at radius 1 is 0.905 bits per heavy atom. The molecule has 0 fully saturated rings. The average molecular weight is 552 g/mol. The molecule has 5 aromatic rings. The van der Waals surface area contributed by atoms with E-state index in [2.05, 4.69) is 78.1 Å². The highest BCUT2D eigenvalue weighted by Crippen LogP contribution is 2.49. The van der Waals surface area contributed by atoms with Crippen molar-refractivity contribution in [1.29, 1.82) is 0 Å². The molecular weight excluding hydrogens is 522 g/mol. The number of hydrogen-bond donors (Lipinski definition) is 1. The van der Waals surface area contributed by atoms with E-state index in [0.29, 0.717) is 24.2 Å². The molecule has 3 atom stereocenters. The van der Waals surface area contributed by atoms with Crippen LogP contribution >= 0.6 is 0 Å². The van der Waals surface area contributed by atoms with Crippen LogP contribution in [0, 0.1) is 16.0 Å². The van der Waals surface area contributed by atoms with E-state index < -0.39 is 4.92 Å². The molecule has 0 saturated heterocycles. The number of fused-ring (bicyclic) bond motifs is 4. The summed E-state index contributed by atoms with van der Waals surface area (Å²) in [7, 11) is 0. The fourth-order valence-corrected chi connectivity index (χ4v) is 6.19. The Hall–Kier alpha value is -5.23. The lowest BCUT2D eigenvalue weighted by atomic mass is 9.77. The number of hydrogen-bond acceptors (Lipinski definition) is 5. The van der Waals surface area contributed by atoms with Gasteiger partial charge in [0.05, 0.1) is 16.7 Å². The van der Waals surface area contributed by atoms with Gasteiger partial charge in [0.25, 0.3) is 5.69 Å². The lowest BCUT2D eigenvalue weighted by molar-refractivity contribution is -0.384. The average Bonchev–Trinajstić information content (AvgIpc) is 3.54. The van der Waals surface area contributed by atoms with Crippen LogP contribution in [-0.4, -0.2) is 11.1 Å². The first-order chi connectivity index (χ1) is 20.6. The molecule has 1 aliphatic carbocycles. The van der Waals surface area contributed by atoms with Gasteiger partial charge in [-0.3, -0.25) is 15.1 Å². The van der Waals surface area contributed by atoms with Gasteiger partial charge in [-0.25, -0.2) is 0 Å². The van der Waals surface area contributed by atoms with Crippen LogP contribution in [-0.2, 0) is 6.61 Å². The minimum Gasteiger partial charge on any atom is -0.488 e. The number of para-hydroxylation sites is 1. The number of nitrogens with one attached hydrogen (secondary N) is 1. The molecular formula is C36H29N3O3. The third-order valence-electron chi connectivity index (χ3n) is 8.34. The van der Waals surface area contributed by atoms with Crippen molar-refractivity contribution in [2.75, 3.05) is 5.32 Å². The highest BCUT2D eigenvalue weighted by molar-refractivity contribution is 6.03. The highest BCUT2D eigenvalue weighted by Gasteiger charge is 2.37. The maximum atomic E-state index is 11.0. The molecule has 6 nitrogen and oxygen atoms in total. The zero-order valence-electron chi connectivity index (χ0n) is 22.9. The lowest BCUT2D eigenvalue weighted by Crippen LogP contribution is -2.28. The van der Waals surface area contributed by atoms with Crippen LogP contribution < -0.4 is 10.1 Å². The maximum Gasteiger partial charge on any atom is 0.269 e. The van der Waals surface area contributed by atoms with Crippen LogP contribution in [0.3, 0.4) is 0 Å². The largest absolute Gasteiger partial charge is 0.488 e. The van der Waals surface area contributed by atoms with Gasteiger partial charge in [-0.2, -0.15) is 0 Å². The molecule has 6 heteroatoms. The van der Waals surface area contributed by atoms with Crippen LogP contribution in [0.1, 0.15) is 40.6 Å². The summed E-state index contributed by atoms with van der Waals surface area (Å²) in [5.74, 6) is 1.65. The third kappa shape index (κ3) is 4.92. The predicted octanol–water partition coefficient (Wildman–Crippen LogP) is 8.90. The fraction of sp³-hybridized carbons (Fsp3) is 0.139. The summed E-state index contributed by atoms with van der Waals surface area (Å²) in [4.78, 5) is 15.4. The molecule has 5 aromatic carbocycles. The number of ether oxygens (including phenoxy) is 1. The molecule has 206 valence electrons. The van der Waals surface area contributed by atoms with Gasteiger partial charge >= 0.3 is 0 Å². The number of rotatable bonds is 7. The van der Waals surface area contributed by atoms with E-state index in [4.69, 9.17) is 9.73 Å². The fourth-order valence-electron chi connectivity index (χ4n) is 6.19. The van der Waals surface area contributed by atoms with Crippen molar-refractivity contribution >= 4 is 34.0 Å². The Bertz CT molecular complexity index is 1830. The van der Waals surface area contributed by atoms with Gasteiger partial charge in [-0.1, -0.05) is 72.8 Å². The summed E-state index contributed by atoms with van der Waals surface area (Å²) in [6.07, 6.45) is 7.62. The van der Waals surface area contributed by atoms with Crippen LogP contribution in [0.25, 0.3) is 10.8 Å². The summed E-state index contributed by atoms with van der Waals surface area (Å²) < 4.78 is 6.21. The number of aliphatic imine (C=N–C) groups is 1. The molecule has 0 radical (unpaired) electrons. The second-order valence-electron chi connectivity index (χ2n) is 10.8. The van der Waals surface area contributed by atoms with E-state index in [0.717, 1.165) is 34.0 Å². The number of nitro benzene ring substituents is 1. The number of non-ortho nitro benzene ring substituents is 1. The molecule has 0 unspecified atom stereocenters. The first-order valence-electron chi connectivity index (χ1n) is 14.2. The van der Waals surface area contributed by atoms with Crippen molar-refractivity contribution in [1.82, 2.24) is 0 Å². The topological polar surface area (TPSA) is 76.8 Å². The Morgan fingerprint density at radius 3 is 2.52 bits per heavy atom. The molecule has 42 heavy (non-hydrogen) atoms. The van der Waals surface area contributed by atoms with E-state index in [1.807, 2.05) is 30.5 Å². The number of nitro groups is 1. The highest BCUT2D eigenvalue weighted by atomic mass is 16.6. The molecule has 2 aliphatic rings. The van der Waals surface area contributed by atoms with Gasteiger partial charge in [0.1, 0.15) is 12.4 Å². The molecule has 0 spiro atoms. The van der Waals surface area contributed by atoms with E-state index in [1.165, 1.54) is 28.9 Å². The standard InChI is InChI=1S/C36H29N3O3/c40-39(41)28-19-12-24(13-20-28)23-42-35-21-16-25-6-1-2-7-29(25)33(35)22-37-27-17-14-26(15-18-27)36-32-10-5-9-30(32)31-8-3-4-11-34(31)38-36/h1-9,11-22,30,32,36,38H,10,23H2/t30-,32-,36-/m0/s1. The number of anilines is 1. The molecule has 1 heterocycles. The van der Waals surface area contributed by atoms with E-state index in [-0.39, 0.29) is 11.7 Å². The Morgan fingerprint density at radius 2 is 1.69 bits per heavy atom. The second kappa shape index (κ2) is 11.0. The molecule has 0 amide bonds. The Kier molecular flexibility index (Phi) is 6.72. The quantitative estimate of drug-likeness (QED) is 0.0948. The van der Waals surface area contributed by atoms with E-state index >= 15 is 0 Å². The summed E-state index contributed by atoms with van der Waals surface area (Å²) in [6.45, 7) is 0.292. The third-order valence-corrected chi connectivity index (χ3v) is 8.34. The van der Waals surface area contributed by atoms with Crippen molar-refractivity contribution in [3.8, 4) is 5.75 Å². The van der Waals surface area contributed by atoms with Crippen molar-refractivity contribution in [3.63, 3.8) is 0 Å². The lowest BCUT2D eigenvalue weighted by Gasteiger charge is -2.37. The molecule has 1 N–H and O–H groups in total. The van der Waals surface area contributed by atoms with Crippen molar-refractivity contribution < 1.29 is 9.66 Å². The molecule has 0 aromatic heterocycles. The monoisotopic (exact) mass is 551 g/mol. The van der Waals surface area contributed by atoms with Crippen molar-refractivity contribution in [2.45, 2.75) is 25.0 Å². The SMILES string of the molecule is O=[N+]([O-])c1ccc(COc2ccc3ccccc3c2C=Nc2ccc([C@@H]3Nc4ccccc4[C@@H]4C=CC[C@@H]43)cc2)cc1. The van der Waals surface area contributed by atoms with Gasteiger partial charge in [-0.05, 0) is 76.2 Å². The number of nitrogens with zero attached hydrogens (tertiary/aromatic N) is 2. The predicted molar refractivity (Wildman–Crippen MR) is 168 cm³/mol. The van der Waals surface area contributed by atoms with Crippen LogP contribution in [0.15, 0.2) is 126 Å². The first-order valence-corrected chi connectivity index (χ1v) is 14.2.